The number of rotatable bonds is 6. The summed E-state index contributed by atoms with van der Waals surface area (Å²) in [4.78, 5) is 2.33. The quantitative estimate of drug-likeness (QED) is 0.185. The van der Waals surface area contributed by atoms with Crippen molar-refractivity contribution >= 4 is 49.8 Å². The molecule has 9 rings (SSSR count). The Balaban J connectivity index is 1.18. The molecule has 8 aromatic carbocycles. The van der Waals surface area contributed by atoms with E-state index in [0.717, 1.165) is 55.7 Å². The fourth-order valence-corrected chi connectivity index (χ4v) is 7.02. The van der Waals surface area contributed by atoms with Crippen LogP contribution in [-0.2, 0) is 0 Å². The van der Waals surface area contributed by atoms with E-state index in [2.05, 4.69) is 187 Å². The van der Waals surface area contributed by atoms with E-state index in [1.54, 1.807) is 0 Å². The molecular formula is C46H31NO. The van der Waals surface area contributed by atoms with Crippen molar-refractivity contribution in [3.05, 3.63) is 188 Å². The summed E-state index contributed by atoms with van der Waals surface area (Å²) in [6.07, 6.45) is 0. The lowest BCUT2D eigenvalue weighted by Crippen LogP contribution is -2.09. The lowest BCUT2D eigenvalue weighted by atomic mass is 9.93. The van der Waals surface area contributed by atoms with E-state index in [0.29, 0.717) is 0 Å². The van der Waals surface area contributed by atoms with Crippen LogP contribution in [0.4, 0.5) is 17.1 Å². The number of furan rings is 1. The number of fused-ring (bicyclic) bond motifs is 5. The zero-order valence-corrected chi connectivity index (χ0v) is 26.3. The number of hydrogen-bond acceptors (Lipinski definition) is 2. The summed E-state index contributed by atoms with van der Waals surface area (Å²) in [5, 5.41) is 4.70. The molecule has 2 heteroatoms. The van der Waals surface area contributed by atoms with Crippen molar-refractivity contribution in [1.82, 2.24) is 0 Å². The van der Waals surface area contributed by atoms with E-state index in [4.69, 9.17) is 4.42 Å². The van der Waals surface area contributed by atoms with Gasteiger partial charge in [-0.1, -0.05) is 146 Å². The van der Waals surface area contributed by atoms with E-state index in [-0.39, 0.29) is 0 Å². The van der Waals surface area contributed by atoms with Crippen LogP contribution in [0.15, 0.2) is 192 Å². The molecule has 0 aliphatic carbocycles. The third-order valence-corrected chi connectivity index (χ3v) is 9.25. The van der Waals surface area contributed by atoms with Gasteiger partial charge < -0.3 is 9.32 Å². The summed E-state index contributed by atoms with van der Waals surface area (Å²) in [5.41, 5.74) is 12.2. The van der Waals surface area contributed by atoms with Crippen molar-refractivity contribution in [3.8, 4) is 33.4 Å². The van der Waals surface area contributed by atoms with Crippen molar-refractivity contribution in [2.75, 3.05) is 4.90 Å². The van der Waals surface area contributed by atoms with Gasteiger partial charge in [0.1, 0.15) is 11.2 Å². The highest BCUT2D eigenvalue weighted by Gasteiger charge is 2.18. The summed E-state index contributed by atoms with van der Waals surface area (Å²) < 4.78 is 6.62. The first-order valence-corrected chi connectivity index (χ1v) is 16.4. The maximum Gasteiger partial charge on any atom is 0.143 e. The van der Waals surface area contributed by atoms with Crippen LogP contribution in [0.25, 0.3) is 66.1 Å². The Morgan fingerprint density at radius 3 is 1.71 bits per heavy atom. The molecule has 0 N–H and O–H groups in total. The van der Waals surface area contributed by atoms with Crippen LogP contribution in [0, 0.1) is 0 Å². The van der Waals surface area contributed by atoms with Crippen LogP contribution in [0.5, 0.6) is 0 Å². The van der Waals surface area contributed by atoms with Gasteiger partial charge in [-0.2, -0.15) is 0 Å². The average molecular weight is 614 g/mol. The highest BCUT2D eigenvalue weighted by atomic mass is 16.3. The van der Waals surface area contributed by atoms with Gasteiger partial charge in [-0.3, -0.25) is 0 Å². The topological polar surface area (TPSA) is 16.4 Å². The SMILES string of the molecule is c1ccc(-c2cccc(N(c3ccccc3)c3ccc(-c4cccc5ccc6oc7c(-c8ccccc8)cccc7c6c45)cc3)c2)cc1. The van der Waals surface area contributed by atoms with Crippen molar-refractivity contribution in [2.45, 2.75) is 0 Å². The monoisotopic (exact) mass is 613 g/mol. The lowest BCUT2D eigenvalue weighted by Gasteiger charge is -2.26. The molecule has 0 fully saturated rings. The first kappa shape index (κ1) is 27.9. The second kappa shape index (κ2) is 11.8. The minimum Gasteiger partial charge on any atom is -0.455 e. The highest BCUT2D eigenvalue weighted by molar-refractivity contribution is 6.24. The van der Waals surface area contributed by atoms with Crippen molar-refractivity contribution in [2.24, 2.45) is 0 Å². The Labute approximate surface area is 279 Å². The van der Waals surface area contributed by atoms with E-state index in [1.165, 1.54) is 27.5 Å². The number of anilines is 3. The Bertz CT molecular complexity index is 2530. The van der Waals surface area contributed by atoms with Gasteiger partial charge in [-0.25, -0.2) is 0 Å². The molecule has 0 saturated heterocycles. The van der Waals surface area contributed by atoms with Gasteiger partial charge in [0.05, 0.1) is 0 Å². The molecule has 0 saturated carbocycles. The van der Waals surface area contributed by atoms with Crippen molar-refractivity contribution in [3.63, 3.8) is 0 Å². The van der Waals surface area contributed by atoms with E-state index < -0.39 is 0 Å². The van der Waals surface area contributed by atoms with Crippen LogP contribution >= 0.6 is 0 Å². The smallest absolute Gasteiger partial charge is 0.143 e. The first-order chi connectivity index (χ1) is 23.8. The van der Waals surface area contributed by atoms with Crippen LogP contribution in [0.1, 0.15) is 0 Å². The van der Waals surface area contributed by atoms with Crippen LogP contribution in [-0.4, -0.2) is 0 Å². The molecular weight excluding hydrogens is 583 g/mol. The molecule has 0 spiro atoms. The molecule has 0 bridgehead atoms. The minimum absolute atomic E-state index is 0.901. The number of para-hydroxylation sites is 2. The first-order valence-electron chi connectivity index (χ1n) is 16.4. The molecule has 48 heavy (non-hydrogen) atoms. The molecule has 0 radical (unpaired) electrons. The molecule has 0 atom stereocenters. The second-order valence-corrected chi connectivity index (χ2v) is 12.1. The molecule has 0 amide bonds. The van der Waals surface area contributed by atoms with Gasteiger partial charge in [0.2, 0.25) is 0 Å². The molecule has 226 valence electrons. The summed E-state index contributed by atoms with van der Waals surface area (Å²) in [7, 11) is 0. The van der Waals surface area contributed by atoms with Gasteiger partial charge in [0.15, 0.2) is 0 Å². The Hall–Kier alpha value is -6.38. The fraction of sp³-hybridized carbons (Fsp3) is 0. The third-order valence-electron chi connectivity index (χ3n) is 9.25. The Morgan fingerprint density at radius 2 is 0.938 bits per heavy atom. The van der Waals surface area contributed by atoms with Gasteiger partial charge in [0, 0.05) is 38.8 Å². The zero-order chi connectivity index (χ0) is 31.9. The maximum atomic E-state index is 6.62. The molecule has 0 aliphatic heterocycles. The minimum atomic E-state index is 0.901. The van der Waals surface area contributed by atoms with E-state index in [1.807, 2.05) is 6.07 Å². The molecule has 1 aromatic heterocycles. The van der Waals surface area contributed by atoms with Crippen molar-refractivity contribution < 1.29 is 4.42 Å². The maximum absolute atomic E-state index is 6.62. The van der Waals surface area contributed by atoms with Gasteiger partial charge in [-0.15, -0.1) is 0 Å². The van der Waals surface area contributed by atoms with Gasteiger partial charge in [-0.05, 0) is 75.7 Å². The average Bonchev–Trinajstić information content (AvgIpc) is 3.56. The Morgan fingerprint density at radius 1 is 0.354 bits per heavy atom. The number of benzene rings is 8. The number of nitrogens with zero attached hydrogens (tertiary/aromatic N) is 1. The highest BCUT2D eigenvalue weighted by Crippen LogP contribution is 2.43. The van der Waals surface area contributed by atoms with Crippen LogP contribution in [0.3, 0.4) is 0 Å². The predicted octanol–water partition coefficient (Wildman–Crippen LogP) is 13.2. The predicted molar refractivity (Wildman–Crippen MR) is 202 cm³/mol. The molecule has 9 aromatic rings. The standard InChI is InChI=1S/C46H31NO/c1-4-13-32(14-5-1)36-18-10-21-39(31-36)47(37-19-8-3-9-20-37)38-28-25-34(26-29-38)40-22-11-17-35-27-30-43-45(44(35)40)42-24-12-23-41(46(42)48-43)33-15-6-2-7-16-33/h1-31H. The van der Waals surface area contributed by atoms with E-state index in [9.17, 15) is 0 Å². The molecule has 0 aliphatic rings. The lowest BCUT2D eigenvalue weighted by molar-refractivity contribution is 0.670. The van der Waals surface area contributed by atoms with E-state index >= 15 is 0 Å². The van der Waals surface area contributed by atoms with Gasteiger partial charge >= 0.3 is 0 Å². The molecule has 1 heterocycles. The Kier molecular flexibility index (Phi) is 6.84. The normalized spacial score (nSPS) is 11.3. The van der Waals surface area contributed by atoms with Crippen LogP contribution in [0.2, 0.25) is 0 Å². The summed E-state index contributed by atoms with van der Waals surface area (Å²) in [6.45, 7) is 0. The summed E-state index contributed by atoms with van der Waals surface area (Å²) in [5.74, 6) is 0. The largest absolute Gasteiger partial charge is 0.455 e. The molecule has 0 unspecified atom stereocenters. The summed E-state index contributed by atoms with van der Waals surface area (Å²) >= 11 is 0. The van der Waals surface area contributed by atoms with Crippen LogP contribution < -0.4 is 4.90 Å². The zero-order valence-electron chi connectivity index (χ0n) is 26.3. The van der Waals surface area contributed by atoms with Crippen molar-refractivity contribution in [1.29, 1.82) is 0 Å². The van der Waals surface area contributed by atoms with Gasteiger partial charge in [0.25, 0.3) is 0 Å². The number of hydrogen-bond donors (Lipinski definition) is 0. The molecule has 2 nitrogen and oxygen atoms in total. The fourth-order valence-electron chi connectivity index (χ4n) is 7.02. The second-order valence-electron chi connectivity index (χ2n) is 12.1. The summed E-state index contributed by atoms with van der Waals surface area (Å²) in [6, 6.07) is 66.7. The third kappa shape index (κ3) is 4.83.